The zero-order chi connectivity index (χ0) is 13.9. The molecule has 2 heterocycles. The minimum atomic E-state index is -0.0876. The van der Waals surface area contributed by atoms with Gasteiger partial charge in [0.25, 0.3) is 0 Å². The SMILES string of the molecule is CC(Cc1ccc2c(c1)OCO2)CN1CCC(O)CC1. The van der Waals surface area contributed by atoms with Crippen molar-refractivity contribution in [3.05, 3.63) is 23.8 Å². The van der Waals surface area contributed by atoms with Gasteiger partial charge in [-0.05, 0) is 42.9 Å². The highest BCUT2D eigenvalue weighted by Crippen LogP contribution is 2.33. The molecule has 4 heteroatoms. The van der Waals surface area contributed by atoms with Crippen molar-refractivity contribution in [3.8, 4) is 11.5 Å². The lowest BCUT2D eigenvalue weighted by atomic mass is 9.99. The lowest BCUT2D eigenvalue weighted by Crippen LogP contribution is -2.38. The first kappa shape index (κ1) is 13.7. The van der Waals surface area contributed by atoms with Gasteiger partial charge in [-0.2, -0.15) is 0 Å². The number of aliphatic hydroxyl groups excluding tert-OH is 1. The molecule has 2 aliphatic rings. The summed E-state index contributed by atoms with van der Waals surface area (Å²) >= 11 is 0. The van der Waals surface area contributed by atoms with E-state index in [1.54, 1.807) is 0 Å². The number of aliphatic hydroxyl groups is 1. The van der Waals surface area contributed by atoms with Crippen molar-refractivity contribution in [3.63, 3.8) is 0 Å². The van der Waals surface area contributed by atoms with E-state index in [0.29, 0.717) is 12.7 Å². The van der Waals surface area contributed by atoms with Crippen LogP contribution < -0.4 is 9.47 Å². The molecule has 3 rings (SSSR count). The molecular formula is C16H23NO3. The highest BCUT2D eigenvalue weighted by Gasteiger charge is 2.19. The summed E-state index contributed by atoms with van der Waals surface area (Å²) in [5, 5.41) is 9.53. The molecule has 0 aliphatic carbocycles. The van der Waals surface area contributed by atoms with E-state index >= 15 is 0 Å². The van der Waals surface area contributed by atoms with Crippen molar-refractivity contribution in [2.24, 2.45) is 5.92 Å². The van der Waals surface area contributed by atoms with Crippen molar-refractivity contribution in [1.29, 1.82) is 0 Å². The molecule has 2 aliphatic heterocycles. The summed E-state index contributed by atoms with van der Waals surface area (Å²) in [4.78, 5) is 2.46. The Kier molecular flexibility index (Phi) is 4.13. The Morgan fingerprint density at radius 1 is 1.25 bits per heavy atom. The minimum absolute atomic E-state index is 0.0876. The molecule has 1 fully saturated rings. The van der Waals surface area contributed by atoms with E-state index in [1.165, 1.54) is 5.56 Å². The Morgan fingerprint density at radius 2 is 2.00 bits per heavy atom. The smallest absolute Gasteiger partial charge is 0.231 e. The lowest BCUT2D eigenvalue weighted by molar-refractivity contribution is 0.0760. The number of hydrogen-bond acceptors (Lipinski definition) is 4. The third kappa shape index (κ3) is 3.25. The predicted molar refractivity (Wildman–Crippen MR) is 77.1 cm³/mol. The molecule has 4 nitrogen and oxygen atoms in total. The standard InChI is InChI=1S/C16H23NO3/c1-12(10-17-6-4-14(18)5-7-17)8-13-2-3-15-16(9-13)20-11-19-15/h2-3,9,12,14,18H,4-8,10-11H2,1H3. The first-order valence-electron chi connectivity index (χ1n) is 7.49. The van der Waals surface area contributed by atoms with Crippen LogP contribution in [0.15, 0.2) is 18.2 Å². The molecule has 0 bridgehead atoms. The van der Waals surface area contributed by atoms with Crippen molar-refractivity contribution < 1.29 is 14.6 Å². The first-order valence-corrected chi connectivity index (χ1v) is 7.49. The van der Waals surface area contributed by atoms with Crippen LogP contribution in [0.3, 0.4) is 0 Å². The van der Waals surface area contributed by atoms with Crippen LogP contribution in [0.1, 0.15) is 25.3 Å². The Balaban J connectivity index is 1.52. The van der Waals surface area contributed by atoms with E-state index in [0.717, 1.165) is 50.4 Å². The maximum absolute atomic E-state index is 9.53. The third-order valence-electron chi connectivity index (χ3n) is 4.15. The molecule has 1 unspecified atom stereocenters. The van der Waals surface area contributed by atoms with Crippen LogP contribution >= 0.6 is 0 Å². The second kappa shape index (κ2) is 6.02. The molecule has 0 aromatic heterocycles. The second-order valence-corrected chi connectivity index (χ2v) is 6.03. The first-order chi connectivity index (χ1) is 9.70. The number of likely N-dealkylation sites (tertiary alicyclic amines) is 1. The molecule has 20 heavy (non-hydrogen) atoms. The van der Waals surface area contributed by atoms with Gasteiger partial charge in [0.2, 0.25) is 6.79 Å². The van der Waals surface area contributed by atoms with Crippen LogP contribution in [0.2, 0.25) is 0 Å². The molecule has 0 spiro atoms. The van der Waals surface area contributed by atoms with Crippen LogP contribution in [0, 0.1) is 5.92 Å². The molecule has 110 valence electrons. The van der Waals surface area contributed by atoms with Crippen molar-refractivity contribution in [2.45, 2.75) is 32.3 Å². The summed E-state index contributed by atoms with van der Waals surface area (Å²) in [5.74, 6) is 2.33. The number of fused-ring (bicyclic) bond motifs is 1. The average molecular weight is 277 g/mol. The van der Waals surface area contributed by atoms with Crippen molar-refractivity contribution in [1.82, 2.24) is 4.90 Å². The zero-order valence-electron chi connectivity index (χ0n) is 12.0. The number of hydrogen-bond donors (Lipinski definition) is 1. The monoisotopic (exact) mass is 277 g/mol. The van der Waals surface area contributed by atoms with Gasteiger partial charge < -0.3 is 19.5 Å². The second-order valence-electron chi connectivity index (χ2n) is 6.03. The summed E-state index contributed by atoms with van der Waals surface area (Å²) < 4.78 is 10.8. The number of ether oxygens (including phenoxy) is 2. The van der Waals surface area contributed by atoms with Gasteiger partial charge in [0.15, 0.2) is 11.5 Å². The Hall–Kier alpha value is -1.26. The lowest BCUT2D eigenvalue weighted by Gasteiger charge is -2.31. The number of nitrogens with zero attached hydrogens (tertiary/aromatic N) is 1. The number of rotatable bonds is 4. The van der Waals surface area contributed by atoms with Gasteiger partial charge in [-0.25, -0.2) is 0 Å². The van der Waals surface area contributed by atoms with E-state index in [1.807, 2.05) is 6.07 Å². The largest absolute Gasteiger partial charge is 0.454 e. The quantitative estimate of drug-likeness (QED) is 0.914. The molecule has 0 amide bonds. The molecule has 1 atom stereocenters. The number of benzene rings is 1. The summed E-state index contributed by atoms with van der Waals surface area (Å²) in [7, 11) is 0. The fourth-order valence-corrected chi connectivity index (χ4v) is 3.08. The predicted octanol–water partition coefficient (Wildman–Crippen LogP) is 2.05. The highest BCUT2D eigenvalue weighted by atomic mass is 16.7. The van der Waals surface area contributed by atoms with E-state index < -0.39 is 0 Å². The molecular weight excluding hydrogens is 254 g/mol. The van der Waals surface area contributed by atoms with Gasteiger partial charge in [0.05, 0.1) is 6.10 Å². The fourth-order valence-electron chi connectivity index (χ4n) is 3.08. The molecule has 0 saturated carbocycles. The van der Waals surface area contributed by atoms with E-state index in [4.69, 9.17) is 9.47 Å². The minimum Gasteiger partial charge on any atom is -0.454 e. The van der Waals surface area contributed by atoms with E-state index in [9.17, 15) is 5.11 Å². The van der Waals surface area contributed by atoms with Gasteiger partial charge in [-0.3, -0.25) is 0 Å². The van der Waals surface area contributed by atoms with Crippen molar-refractivity contribution >= 4 is 0 Å². The summed E-state index contributed by atoms with van der Waals surface area (Å²) in [6.07, 6.45) is 2.79. The highest BCUT2D eigenvalue weighted by molar-refractivity contribution is 5.44. The molecule has 1 aromatic rings. The van der Waals surface area contributed by atoms with Gasteiger partial charge in [0, 0.05) is 19.6 Å². The van der Waals surface area contributed by atoms with Gasteiger partial charge in [-0.15, -0.1) is 0 Å². The van der Waals surface area contributed by atoms with Crippen LogP contribution in [0.4, 0.5) is 0 Å². The van der Waals surface area contributed by atoms with Crippen LogP contribution in [-0.2, 0) is 6.42 Å². The Bertz CT molecular complexity index is 455. The zero-order valence-corrected chi connectivity index (χ0v) is 12.0. The topological polar surface area (TPSA) is 41.9 Å². The summed E-state index contributed by atoms with van der Waals surface area (Å²) in [6.45, 7) is 5.76. The van der Waals surface area contributed by atoms with Gasteiger partial charge in [0.1, 0.15) is 0 Å². The molecule has 1 saturated heterocycles. The van der Waals surface area contributed by atoms with Crippen LogP contribution in [0.5, 0.6) is 11.5 Å². The summed E-state index contributed by atoms with van der Waals surface area (Å²) in [5.41, 5.74) is 1.30. The van der Waals surface area contributed by atoms with E-state index in [2.05, 4.69) is 24.0 Å². The van der Waals surface area contributed by atoms with Crippen LogP contribution in [0.25, 0.3) is 0 Å². The van der Waals surface area contributed by atoms with Gasteiger partial charge >= 0.3 is 0 Å². The van der Waals surface area contributed by atoms with Crippen molar-refractivity contribution in [2.75, 3.05) is 26.4 Å². The Labute approximate surface area is 120 Å². The van der Waals surface area contributed by atoms with Crippen LogP contribution in [-0.4, -0.2) is 42.5 Å². The van der Waals surface area contributed by atoms with Gasteiger partial charge in [-0.1, -0.05) is 13.0 Å². The maximum atomic E-state index is 9.53. The molecule has 1 N–H and O–H groups in total. The number of piperidine rings is 1. The third-order valence-corrected chi connectivity index (χ3v) is 4.15. The Morgan fingerprint density at radius 3 is 2.80 bits per heavy atom. The normalized spacial score (nSPS) is 21.1. The molecule has 1 aromatic carbocycles. The fraction of sp³-hybridized carbons (Fsp3) is 0.625. The maximum Gasteiger partial charge on any atom is 0.231 e. The summed E-state index contributed by atoms with van der Waals surface area (Å²) in [6, 6.07) is 6.23. The molecule has 0 radical (unpaired) electrons. The van der Waals surface area contributed by atoms with E-state index in [-0.39, 0.29) is 6.10 Å². The average Bonchev–Trinajstić information content (AvgIpc) is 2.89.